The molecule has 0 fully saturated rings. The third-order valence-corrected chi connectivity index (χ3v) is 4.51. The molecular formula is C18H22N4O7. The fraction of sp³-hybridized carbons (Fsp3) is 0.389. The Labute approximate surface area is 166 Å². The van der Waals surface area contributed by atoms with Gasteiger partial charge in [-0.15, -0.1) is 0 Å². The summed E-state index contributed by atoms with van der Waals surface area (Å²) < 4.78 is 10.2. The lowest BCUT2D eigenvalue weighted by Gasteiger charge is -2.28. The van der Waals surface area contributed by atoms with Crippen LogP contribution in [-0.2, 0) is 4.74 Å². The Balaban J connectivity index is 2.50. The molecule has 0 amide bonds. The molecule has 29 heavy (non-hydrogen) atoms. The van der Waals surface area contributed by atoms with Crippen molar-refractivity contribution in [2.75, 3.05) is 32.1 Å². The normalized spacial score (nSPS) is 11.9. The van der Waals surface area contributed by atoms with Gasteiger partial charge in [-0.2, -0.15) is 0 Å². The largest absolute Gasteiger partial charge is 0.468 e. The van der Waals surface area contributed by atoms with Crippen LogP contribution in [0.15, 0.2) is 34.9 Å². The molecule has 1 atom stereocenters. The number of nitro groups is 2. The number of methoxy groups -OCH3 is 1. The molecule has 0 aliphatic carbocycles. The Hall–Kier alpha value is -3.47. The average molecular weight is 406 g/mol. The van der Waals surface area contributed by atoms with E-state index in [9.17, 15) is 25.0 Å². The average Bonchev–Trinajstić information content (AvgIpc) is 3.24. The molecule has 0 aliphatic rings. The van der Waals surface area contributed by atoms with Crippen molar-refractivity contribution >= 4 is 23.0 Å². The van der Waals surface area contributed by atoms with Crippen LogP contribution in [0.25, 0.3) is 0 Å². The zero-order valence-electron chi connectivity index (χ0n) is 16.3. The minimum atomic E-state index is -0.920. The molecule has 2 aromatic rings. The van der Waals surface area contributed by atoms with Gasteiger partial charge >= 0.3 is 5.97 Å². The van der Waals surface area contributed by atoms with Crippen LogP contribution >= 0.6 is 0 Å². The van der Waals surface area contributed by atoms with E-state index in [4.69, 9.17) is 4.42 Å². The topological polar surface area (TPSA) is 141 Å². The first kappa shape index (κ1) is 21.8. The summed E-state index contributed by atoms with van der Waals surface area (Å²) in [5.74, 6) is -0.276. The van der Waals surface area contributed by atoms with Gasteiger partial charge in [0.25, 0.3) is 11.4 Å². The minimum Gasteiger partial charge on any atom is -0.468 e. The number of hydrogen-bond donors (Lipinski definition) is 1. The summed E-state index contributed by atoms with van der Waals surface area (Å²) in [6.07, 6.45) is 1.53. The zero-order chi connectivity index (χ0) is 21.6. The van der Waals surface area contributed by atoms with Crippen molar-refractivity contribution in [3.63, 3.8) is 0 Å². The Kier molecular flexibility index (Phi) is 7.26. The van der Waals surface area contributed by atoms with Crippen molar-refractivity contribution in [2.24, 2.45) is 0 Å². The minimum absolute atomic E-state index is 0.142. The number of carbonyl (C=O) groups is 1. The Morgan fingerprint density at radius 3 is 2.41 bits per heavy atom. The SMILES string of the molecule is CCN(CC)C(CNc1c(C(=O)OC)cc([N+](=O)[O-])cc1[N+](=O)[O-])c1ccco1. The molecule has 0 saturated heterocycles. The van der Waals surface area contributed by atoms with E-state index in [1.807, 2.05) is 13.8 Å². The summed E-state index contributed by atoms with van der Waals surface area (Å²) in [4.78, 5) is 35.3. The third kappa shape index (κ3) is 4.88. The van der Waals surface area contributed by atoms with E-state index < -0.39 is 27.2 Å². The van der Waals surface area contributed by atoms with Crippen molar-refractivity contribution in [3.05, 3.63) is 62.1 Å². The van der Waals surface area contributed by atoms with E-state index in [1.165, 1.54) is 6.26 Å². The number of anilines is 1. The first-order valence-electron chi connectivity index (χ1n) is 8.90. The predicted molar refractivity (Wildman–Crippen MR) is 104 cm³/mol. The van der Waals surface area contributed by atoms with Gasteiger partial charge in [0.05, 0.1) is 40.9 Å². The number of nitrogens with one attached hydrogen (secondary N) is 1. The van der Waals surface area contributed by atoms with Crippen LogP contribution in [0.3, 0.4) is 0 Å². The lowest BCUT2D eigenvalue weighted by molar-refractivity contribution is -0.393. The number of esters is 1. The number of rotatable bonds is 10. The summed E-state index contributed by atoms with van der Waals surface area (Å²) in [6.45, 7) is 5.48. The highest BCUT2D eigenvalue weighted by molar-refractivity contribution is 5.99. The van der Waals surface area contributed by atoms with Crippen LogP contribution in [-0.4, -0.2) is 47.5 Å². The Morgan fingerprint density at radius 2 is 1.93 bits per heavy atom. The maximum atomic E-state index is 12.2. The second kappa shape index (κ2) is 9.64. The van der Waals surface area contributed by atoms with Gasteiger partial charge < -0.3 is 14.5 Å². The lowest BCUT2D eigenvalue weighted by atomic mass is 10.1. The number of furan rings is 1. The maximum Gasteiger partial charge on any atom is 0.340 e. The van der Waals surface area contributed by atoms with Crippen molar-refractivity contribution in [1.82, 2.24) is 4.90 Å². The molecule has 0 aliphatic heterocycles. The molecular weight excluding hydrogens is 384 g/mol. The van der Waals surface area contributed by atoms with Crippen LogP contribution < -0.4 is 5.32 Å². The summed E-state index contributed by atoms with van der Waals surface area (Å²) >= 11 is 0. The summed E-state index contributed by atoms with van der Waals surface area (Å²) in [5, 5.41) is 25.6. The molecule has 11 nitrogen and oxygen atoms in total. The molecule has 1 heterocycles. The molecule has 2 rings (SSSR count). The molecule has 1 aromatic carbocycles. The van der Waals surface area contributed by atoms with Crippen molar-refractivity contribution in [2.45, 2.75) is 19.9 Å². The first-order valence-corrected chi connectivity index (χ1v) is 8.90. The number of hydrogen-bond acceptors (Lipinski definition) is 9. The van der Waals surface area contributed by atoms with Gasteiger partial charge in [0.2, 0.25) is 0 Å². The summed E-state index contributed by atoms with van der Waals surface area (Å²) in [5.41, 5.74) is -1.59. The maximum absolute atomic E-state index is 12.2. The number of likely N-dealkylation sites (N-methyl/N-ethyl adjacent to an activating group) is 1. The molecule has 0 radical (unpaired) electrons. The molecule has 11 heteroatoms. The van der Waals surface area contributed by atoms with Crippen molar-refractivity contribution in [1.29, 1.82) is 0 Å². The third-order valence-electron chi connectivity index (χ3n) is 4.51. The van der Waals surface area contributed by atoms with Gasteiger partial charge in [0.15, 0.2) is 0 Å². The van der Waals surface area contributed by atoms with E-state index in [2.05, 4.69) is 15.0 Å². The van der Waals surface area contributed by atoms with E-state index in [0.717, 1.165) is 19.2 Å². The molecule has 0 saturated carbocycles. The number of benzene rings is 1. The molecule has 0 spiro atoms. The molecule has 1 unspecified atom stereocenters. The summed E-state index contributed by atoms with van der Waals surface area (Å²) in [6, 6.07) is 5.02. The van der Waals surface area contributed by atoms with Gasteiger partial charge in [-0.25, -0.2) is 4.79 Å². The van der Waals surface area contributed by atoms with Gasteiger partial charge in [-0.05, 0) is 25.2 Å². The second-order valence-electron chi connectivity index (χ2n) is 6.03. The molecule has 0 bridgehead atoms. The highest BCUT2D eigenvalue weighted by Crippen LogP contribution is 2.35. The van der Waals surface area contributed by atoms with E-state index in [0.29, 0.717) is 18.8 Å². The number of carbonyl (C=O) groups excluding carboxylic acids is 1. The van der Waals surface area contributed by atoms with Gasteiger partial charge in [-0.3, -0.25) is 25.1 Å². The monoisotopic (exact) mass is 406 g/mol. The number of ether oxygens (including phenoxy) is 1. The smallest absolute Gasteiger partial charge is 0.340 e. The van der Waals surface area contributed by atoms with E-state index in [-0.39, 0.29) is 23.8 Å². The lowest BCUT2D eigenvalue weighted by Crippen LogP contribution is -2.33. The van der Waals surface area contributed by atoms with E-state index >= 15 is 0 Å². The van der Waals surface area contributed by atoms with Gasteiger partial charge in [0, 0.05) is 12.6 Å². The molecule has 156 valence electrons. The van der Waals surface area contributed by atoms with Crippen LogP contribution in [0.5, 0.6) is 0 Å². The quantitative estimate of drug-likeness (QED) is 0.357. The molecule has 1 aromatic heterocycles. The van der Waals surface area contributed by atoms with Crippen molar-refractivity contribution in [3.8, 4) is 0 Å². The number of nitrogens with zero attached hydrogens (tertiary/aromatic N) is 3. The van der Waals surface area contributed by atoms with Crippen LogP contribution in [0.1, 0.15) is 36.0 Å². The second-order valence-corrected chi connectivity index (χ2v) is 6.03. The van der Waals surface area contributed by atoms with Gasteiger partial charge in [-0.1, -0.05) is 13.8 Å². The van der Waals surface area contributed by atoms with Crippen molar-refractivity contribution < 1.29 is 23.8 Å². The highest BCUT2D eigenvalue weighted by atomic mass is 16.6. The van der Waals surface area contributed by atoms with E-state index in [1.54, 1.807) is 12.1 Å². The fourth-order valence-electron chi connectivity index (χ4n) is 3.07. The number of nitro benzene ring substituents is 2. The fourth-order valence-corrected chi connectivity index (χ4v) is 3.07. The Bertz CT molecular complexity index is 879. The first-order chi connectivity index (χ1) is 13.8. The van der Waals surface area contributed by atoms with Crippen LogP contribution in [0.4, 0.5) is 17.1 Å². The predicted octanol–water partition coefficient (Wildman–Crippen LogP) is 3.38. The van der Waals surface area contributed by atoms with Gasteiger partial charge in [0.1, 0.15) is 11.4 Å². The standard InChI is InChI=1S/C18H22N4O7/c1-4-20(5-2)15(16-7-6-8-29-16)11-19-17-13(18(23)28-3)9-12(21(24)25)10-14(17)22(26)27/h6-10,15,19H,4-5,11H2,1-3H3. The van der Waals surface area contributed by atoms with Crippen LogP contribution in [0.2, 0.25) is 0 Å². The summed E-state index contributed by atoms with van der Waals surface area (Å²) in [7, 11) is 1.10. The van der Waals surface area contributed by atoms with Crippen LogP contribution in [0, 0.1) is 20.2 Å². The molecule has 1 N–H and O–H groups in total. The number of non-ortho nitro benzene ring substituents is 1. The zero-order valence-corrected chi connectivity index (χ0v) is 16.3. The Morgan fingerprint density at radius 1 is 1.24 bits per heavy atom. The highest BCUT2D eigenvalue weighted by Gasteiger charge is 2.29.